The van der Waals surface area contributed by atoms with Gasteiger partial charge in [-0.2, -0.15) is 15.0 Å². The van der Waals surface area contributed by atoms with E-state index in [9.17, 15) is 4.79 Å². The summed E-state index contributed by atoms with van der Waals surface area (Å²) < 4.78 is 5.65. The van der Waals surface area contributed by atoms with E-state index in [1.165, 1.54) is 0 Å². The maximum atomic E-state index is 12.7. The Morgan fingerprint density at radius 1 is 1.04 bits per heavy atom. The van der Waals surface area contributed by atoms with Gasteiger partial charge < -0.3 is 9.73 Å². The Kier molecular flexibility index (Phi) is 4.00. The number of nitrogens with one attached hydrogen (secondary N) is 1. The Hall–Kier alpha value is -3.41. The molecule has 1 unspecified atom stereocenters. The highest BCUT2D eigenvalue weighted by Crippen LogP contribution is 2.20. The lowest BCUT2D eigenvalue weighted by atomic mass is 10.1. The van der Waals surface area contributed by atoms with Gasteiger partial charge in [0.2, 0.25) is 0 Å². The van der Waals surface area contributed by atoms with Crippen LogP contribution in [0, 0.1) is 0 Å². The van der Waals surface area contributed by atoms with Crippen LogP contribution >= 0.6 is 0 Å². The van der Waals surface area contributed by atoms with Gasteiger partial charge >= 0.3 is 0 Å². The Bertz CT molecular complexity index is 944. The molecule has 2 aromatic heterocycles. The molecule has 0 aliphatic heterocycles. The van der Waals surface area contributed by atoms with E-state index in [2.05, 4.69) is 15.5 Å². The largest absolute Gasteiger partial charge is 0.451 e. The quantitative estimate of drug-likeness (QED) is 0.609. The first-order chi connectivity index (χ1) is 12.3. The smallest absolute Gasteiger partial charge is 0.287 e. The van der Waals surface area contributed by atoms with Crippen LogP contribution in [-0.4, -0.2) is 20.9 Å². The van der Waals surface area contributed by atoms with Crippen LogP contribution in [0.5, 0.6) is 0 Å². The van der Waals surface area contributed by atoms with Crippen molar-refractivity contribution < 1.29 is 9.21 Å². The van der Waals surface area contributed by atoms with Gasteiger partial charge in [0.05, 0.1) is 25.0 Å². The average molecular weight is 332 g/mol. The molecule has 6 nitrogen and oxygen atoms in total. The number of amides is 1. The zero-order valence-corrected chi connectivity index (χ0v) is 13.4. The van der Waals surface area contributed by atoms with E-state index in [1.807, 2.05) is 54.6 Å². The van der Waals surface area contributed by atoms with Crippen molar-refractivity contribution in [2.24, 2.45) is 0 Å². The Morgan fingerprint density at radius 3 is 2.52 bits per heavy atom. The minimum atomic E-state index is -0.269. The highest BCUT2D eigenvalue weighted by molar-refractivity contribution is 5.96. The van der Waals surface area contributed by atoms with Crippen molar-refractivity contribution in [3.63, 3.8) is 0 Å². The molecule has 1 atom stereocenters. The third-order valence-electron chi connectivity index (χ3n) is 3.97. The van der Waals surface area contributed by atoms with Crippen molar-refractivity contribution in [3.05, 3.63) is 84.4 Å². The molecule has 2 heterocycles. The van der Waals surface area contributed by atoms with Crippen molar-refractivity contribution in [2.75, 3.05) is 0 Å². The zero-order chi connectivity index (χ0) is 17.1. The number of carbonyl (C=O) groups excluding carboxylic acids is 1. The lowest BCUT2D eigenvalue weighted by Gasteiger charge is -2.18. The number of para-hydroxylation sites is 1. The number of nitrogens with zero attached hydrogens (tertiary/aromatic N) is 3. The predicted molar refractivity (Wildman–Crippen MR) is 92.9 cm³/mol. The van der Waals surface area contributed by atoms with Crippen molar-refractivity contribution in [3.8, 4) is 0 Å². The van der Waals surface area contributed by atoms with Crippen LogP contribution < -0.4 is 5.32 Å². The number of fused-ring (bicyclic) bond motifs is 1. The number of aromatic nitrogens is 3. The zero-order valence-electron chi connectivity index (χ0n) is 13.4. The van der Waals surface area contributed by atoms with Crippen molar-refractivity contribution in [2.45, 2.75) is 12.6 Å². The molecule has 0 spiro atoms. The monoisotopic (exact) mass is 332 g/mol. The van der Waals surface area contributed by atoms with E-state index >= 15 is 0 Å². The minimum absolute atomic E-state index is 0.266. The summed E-state index contributed by atoms with van der Waals surface area (Å²) in [6, 6.07) is 18.8. The first-order valence-corrected chi connectivity index (χ1v) is 7.98. The SMILES string of the molecule is O=C(NC(Cn1nccn1)c1ccccc1)c1cc2ccccc2o1. The van der Waals surface area contributed by atoms with Gasteiger partial charge in [0.1, 0.15) is 5.58 Å². The molecule has 0 saturated heterocycles. The maximum Gasteiger partial charge on any atom is 0.287 e. The molecule has 1 amide bonds. The molecular formula is C19H16N4O2. The van der Waals surface area contributed by atoms with Gasteiger partial charge in [-0.15, -0.1) is 0 Å². The van der Waals surface area contributed by atoms with Gasteiger partial charge in [-0.1, -0.05) is 48.5 Å². The summed E-state index contributed by atoms with van der Waals surface area (Å²) in [6.45, 7) is 0.434. The van der Waals surface area contributed by atoms with Crippen LogP contribution in [0.2, 0.25) is 0 Å². The first kappa shape index (κ1) is 15.1. The lowest BCUT2D eigenvalue weighted by molar-refractivity contribution is 0.0905. The molecule has 6 heteroatoms. The summed E-state index contributed by atoms with van der Waals surface area (Å²) in [4.78, 5) is 14.2. The second-order valence-corrected chi connectivity index (χ2v) is 5.67. The standard InChI is InChI=1S/C19H16N4O2/c24-19(18-12-15-8-4-5-9-17(15)25-18)22-16(13-23-20-10-11-21-23)14-6-2-1-3-7-14/h1-12,16H,13H2,(H,22,24). The number of furan rings is 1. The van der Waals surface area contributed by atoms with Crippen molar-refractivity contribution in [1.29, 1.82) is 0 Å². The maximum absolute atomic E-state index is 12.7. The van der Waals surface area contributed by atoms with Crippen LogP contribution in [-0.2, 0) is 6.54 Å². The van der Waals surface area contributed by atoms with E-state index in [0.29, 0.717) is 12.1 Å². The lowest BCUT2D eigenvalue weighted by Crippen LogP contribution is -2.31. The highest BCUT2D eigenvalue weighted by Gasteiger charge is 2.19. The number of hydrogen-bond acceptors (Lipinski definition) is 4. The van der Waals surface area contributed by atoms with E-state index in [0.717, 1.165) is 10.9 Å². The van der Waals surface area contributed by atoms with Crippen LogP contribution in [0.1, 0.15) is 22.2 Å². The van der Waals surface area contributed by atoms with Crippen molar-refractivity contribution in [1.82, 2.24) is 20.3 Å². The van der Waals surface area contributed by atoms with Crippen LogP contribution in [0.25, 0.3) is 11.0 Å². The second-order valence-electron chi connectivity index (χ2n) is 5.67. The van der Waals surface area contributed by atoms with Gasteiger partial charge in [-0.25, -0.2) is 0 Å². The van der Waals surface area contributed by atoms with E-state index in [4.69, 9.17) is 4.42 Å². The summed E-state index contributed by atoms with van der Waals surface area (Å²) >= 11 is 0. The molecule has 0 saturated carbocycles. The van der Waals surface area contributed by atoms with Gasteiger partial charge in [0.25, 0.3) is 5.91 Å². The fourth-order valence-electron chi connectivity index (χ4n) is 2.74. The highest BCUT2D eigenvalue weighted by atomic mass is 16.3. The summed E-state index contributed by atoms with van der Waals surface area (Å²) in [6.07, 6.45) is 3.23. The fraction of sp³-hybridized carbons (Fsp3) is 0.105. The first-order valence-electron chi connectivity index (χ1n) is 7.98. The summed E-state index contributed by atoms with van der Waals surface area (Å²) in [5, 5.41) is 12.2. The number of hydrogen-bond donors (Lipinski definition) is 1. The summed E-state index contributed by atoms with van der Waals surface area (Å²) in [7, 11) is 0. The van der Waals surface area contributed by atoms with Crippen LogP contribution in [0.15, 0.2) is 77.5 Å². The molecule has 0 bridgehead atoms. The molecule has 4 aromatic rings. The molecule has 1 N–H and O–H groups in total. The Balaban J connectivity index is 1.60. The molecule has 4 rings (SSSR count). The Morgan fingerprint density at radius 2 is 1.76 bits per heavy atom. The third kappa shape index (κ3) is 3.28. The van der Waals surface area contributed by atoms with Gasteiger partial charge in [-0.05, 0) is 17.7 Å². The minimum Gasteiger partial charge on any atom is -0.451 e. The summed E-state index contributed by atoms with van der Waals surface area (Å²) in [5.41, 5.74) is 1.67. The van der Waals surface area contributed by atoms with Gasteiger partial charge in [0, 0.05) is 5.39 Å². The molecule has 0 aliphatic carbocycles. The molecule has 2 aromatic carbocycles. The number of carbonyl (C=O) groups is 1. The molecule has 25 heavy (non-hydrogen) atoms. The average Bonchev–Trinajstić information content (AvgIpc) is 3.31. The molecule has 0 fully saturated rings. The number of rotatable bonds is 5. The third-order valence-corrected chi connectivity index (χ3v) is 3.97. The van der Waals surface area contributed by atoms with E-state index in [-0.39, 0.29) is 17.7 Å². The fourth-order valence-corrected chi connectivity index (χ4v) is 2.74. The van der Waals surface area contributed by atoms with E-state index in [1.54, 1.807) is 23.3 Å². The molecule has 0 aliphatic rings. The second kappa shape index (κ2) is 6.60. The molecule has 124 valence electrons. The molecule has 0 radical (unpaired) electrons. The topological polar surface area (TPSA) is 73.0 Å². The van der Waals surface area contributed by atoms with Crippen molar-refractivity contribution >= 4 is 16.9 Å². The predicted octanol–water partition coefficient (Wildman–Crippen LogP) is 3.20. The van der Waals surface area contributed by atoms with E-state index < -0.39 is 0 Å². The normalized spacial score (nSPS) is 12.2. The van der Waals surface area contributed by atoms with Crippen LogP contribution in [0.4, 0.5) is 0 Å². The van der Waals surface area contributed by atoms with Gasteiger partial charge in [0.15, 0.2) is 5.76 Å². The Labute approximate surface area is 144 Å². The van der Waals surface area contributed by atoms with Gasteiger partial charge in [-0.3, -0.25) is 4.79 Å². The molecular weight excluding hydrogens is 316 g/mol. The summed E-state index contributed by atoms with van der Waals surface area (Å²) in [5.74, 6) is 0.0211. The number of benzene rings is 2. The van der Waals surface area contributed by atoms with Crippen LogP contribution in [0.3, 0.4) is 0 Å².